The first-order valence-corrected chi connectivity index (χ1v) is 8.91. The van der Waals surface area contributed by atoms with Gasteiger partial charge in [0.25, 0.3) is 0 Å². The summed E-state index contributed by atoms with van der Waals surface area (Å²) in [6.07, 6.45) is 2.91. The average molecular weight is 350 g/mol. The highest BCUT2D eigenvalue weighted by atomic mass is 35.5. The minimum absolute atomic E-state index is 0.0198. The van der Waals surface area contributed by atoms with E-state index in [1.54, 1.807) is 7.05 Å². The van der Waals surface area contributed by atoms with Gasteiger partial charge in [0.1, 0.15) is 0 Å². The first kappa shape index (κ1) is 17.2. The van der Waals surface area contributed by atoms with Gasteiger partial charge in [-0.2, -0.15) is 0 Å². The van der Waals surface area contributed by atoms with Gasteiger partial charge < -0.3 is 10.2 Å². The molecule has 1 aliphatic carbocycles. The number of nitrogens with one attached hydrogen (secondary N) is 1. The minimum atomic E-state index is -0.368. The molecule has 0 unspecified atom stereocenters. The summed E-state index contributed by atoms with van der Waals surface area (Å²) in [6, 6.07) is 7.71. The van der Waals surface area contributed by atoms with Gasteiger partial charge in [-0.1, -0.05) is 30.2 Å². The van der Waals surface area contributed by atoms with E-state index in [1.165, 1.54) is 0 Å². The van der Waals surface area contributed by atoms with Crippen LogP contribution in [-0.4, -0.2) is 61.4 Å². The first-order valence-electron chi connectivity index (χ1n) is 8.53. The zero-order valence-electron chi connectivity index (χ0n) is 14.1. The second kappa shape index (κ2) is 7.11. The Morgan fingerprint density at radius 3 is 2.25 bits per heavy atom. The van der Waals surface area contributed by atoms with Crippen molar-refractivity contribution in [2.45, 2.75) is 24.7 Å². The molecule has 1 saturated heterocycles. The van der Waals surface area contributed by atoms with Crippen LogP contribution in [0.3, 0.4) is 0 Å². The molecular formula is C18H24ClN3O2. The molecule has 0 radical (unpaired) electrons. The average Bonchev–Trinajstić information content (AvgIpc) is 2.56. The van der Waals surface area contributed by atoms with Crippen LogP contribution in [0.2, 0.25) is 5.02 Å². The van der Waals surface area contributed by atoms with Crippen molar-refractivity contribution in [1.82, 2.24) is 15.1 Å². The summed E-state index contributed by atoms with van der Waals surface area (Å²) in [7, 11) is 1.65. The van der Waals surface area contributed by atoms with Crippen LogP contribution in [0, 0.1) is 0 Å². The number of carbonyl (C=O) groups is 2. The largest absolute Gasteiger partial charge is 0.358 e. The van der Waals surface area contributed by atoms with Gasteiger partial charge in [-0.25, -0.2) is 0 Å². The third-order valence-electron chi connectivity index (χ3n) is 5.32. The van der Waals surface area contributed by atoms with Crippen molar-refractivity contribution in [3.63, 3.8) is 0 Å². The van der Waals surface area contributed by atoms with Crippen LogP contribution in [0.15, 0.2) is 24.3 Å². The number of halogens is 1. The summed E-state index contributed by atoms with van der Waals surface area (Å²) in [5, 5.41) is 3.34. The lowest BCUT2D eigenvalue weighted by atomic mass is 9.63. The van der Waals surface area contributed by atoms with E-state index in [4.69, 9.17) is 11.6 Å². The molecule has 2 aliphatic rings. The summed E-state index contributed by atoms with van der Waals surface area (Å²) in [5.41, 5.74) is 0.712. The van der Waals surface area contributed by atoms with Gasteiger partial charge in [0, 0.05) is 38.2 Å². The van der Waals surface area contributed by atoms with E-state index < -0.39 is 0 Å². The normalized spacial score (nSPS) is 20.3. The van der Waals surface area contributed by atoms with Crippen LogP contribution in [0.5, 0.6) is 0 Å². The third kappa shape index (κ3) is 3.28. The molecule has 1 aromatic carbocycles. The lowest BCUT2D eigenvalue weighted by Crippen LogP contribution is -2.57. The molecule has 1 heterocycles. The summed E-state index contributed by atoms with van der Waals surface area (Å²) >= 11 is 5.99. The van der Waals surface area contributed by atoms with Crippen LogP contribution in [0.25, 0.3) is 0 Å². The van der Waals surface area contributed by atoms with Crippen molar-refractivity contribution < 1.29 is 9.59 Å². The molecule has 1 saturated carbocycles. The van der Waals surface area contributed by atoms with Gasteiger partial charge in [-0.05, 0) is 30.5 Å². The number of rotatable bonds is 4. The topological polar surface area (TPSA) is 52.7 Å². The first-order chi connectivity index (χ1) is 11.5. The molecule has 1 N–H and O–H groups in total. The molecule has 1 aromatic rings. The highest BCUT2D eigenvalue weighted by molar-refractivity contribution is 6.30. The molecule has 0 bridgehead atoms. The molecule has 2 fully saturated rings. The summed E-state index contributed by atoms with van der Waals surface area (Å²) < 4.78 is 0. The Balaban J connectivity index is 1.65. The van der Waals surface area contributed by atoms with E-state index in [0.29, 0.717) is 24.7 Å². The number of carbonyl (C=O) groups excluding carboxylic acids is 2. The molecule has 0 spiro atoms. The smallest absolute Gasteiger partial charge is 0.233 e. The molecule has 0 atom stereocenters. The number of benzene rings is 1. The Hall–Kier alpha value is -1.59. The molecule has 0 aromatic heterocycles. The SMILES string of the molecule is CNC(=O)CN1CCN(C(=O)C2(c3ccc(Cl)cc3)CCC2)CC1. The fourth-order valence-corrected chi connectivity index (χ4v) is 3.75. The number of amides is 2. The van der Waals surface area contributed by atoms with E-state index in [-0.39, 0.29) is 17.2 Å². The highest BCUT2D eigenvalue weighted by Gasteiger charge is 2.47. The second-order valence-corrected chi connectivity index (χ2v) is 7.12. The molecule has 3 rings (SSSR count). The van der Waals surface area contributed by atoms with Crippen LogP contribution < -0.4 is 5.32 Å². The van der Waals surface area contributed by atoms with Gasteiger partial charge in [-0.3, -0.25) is 14.5 Å². The van der Waals surface area contributed by atoms with Gasteiger partial charge >= 0.3 is 0 Å². The molecule has 130 valence electrons. The fraction of sp³-hybridized carbons (Fsp3) is 0.556. The molecule has 5 nitrogen and oxygen atoms in total. The Labute approximate surface area is 147 Å². The number of nitrogens with zero attached hydrogens (tertiary/aromatic N) is 2. The lowest BCUT2D eigenvalue weighted by Gasteiger charge is -2.46. The maximum absolute atomic E-state index is 13.2. The van der Waals surface area contributed by atoms with E-state index in [1.807, 2.05) is 29.2 Å². The Morgan fingerprint density at radius 2 is 1.75 bits per heavy atom. The van der Waals surface area contributed by atoms with Crippen molar-refractivity contribution in [2.75, 3.05) is 39.8 Å². The molecule has 6 heteroatoms. The zero-order valence-corrected chi connectivity index (χ0v) is 14.8. The maximum atomic E-state index is 13.2. The number of hydrogen-bond donors (Lipinski definition) is 1. The zero-order chi connectivity index (χ0) is 17.2. The summed E-state index contributed by atoms with van der Waals surface area (Å²) in [4.78, 5) is 28.7. The van der Waals surface area contributed by atoms with Crippen LogP contribution in [0.1, 0.15) is 24.8 Å². The monoisotopic (exact) mass is 349 g/mol. The van der Waals surface area contributed by atoms with Gasteiger partial charge in [-0.15, -0.1) is 0 Å². The molecule has 24 heavy (non-hydrogen) atoms. The van der Waals surface area contributed by atoms with E-state index in [0.717, 1.165) is 37.9 Å². The minimum Gasteiger partial charge on any atom is -0.358 e. The van der Waals surface area contributed by atoms with E-state index in [9.17, 15) is 9.59 Å². The maximum Gasteiger partial charge on any atom is 0.233 e. The summed E-state index contributed by atoms with van der Waals surface area (Å²) in [6.45, 7) is 3.27. The highest BCUT2D eigenvalue weighted by Crippen LogP contribution is 2.45. The predicted molar refractivity (Wildman–Crippen MR) is 94.1 cm³/mol. The standard InChI is InChI=1S/C18H24ClN3O2/c1-20-16(23)13-21-9-11-22(12-10-21)17(24)18(7-2-8-18)14-3-5-15(19)6-4-14/h3-6H,2,7-13H2,1H3,(H,20,23). The van der Waals surface area contributed by atoms with Crippen molar-refractivity contribution in [2.24, 2.45) is 0 Å². The fourth-order valence-electron chi connectivity index (χ4n) is 3.62. The molecule has 2 amide bonds. The quantitative estimate of drug-likeness (QED) is 0.899. The number of likely N-dealkylation sites (N-methyl/N-ethyl adjacent to an activating group) is 1. The van der Waals surface area contributed by atoms with Gasteiger partial charge in [0.05, 0.1) is 12.0 Å². The van der Waals surface area contributed by atoms with Gasteiger partial charge in [0.15, 0.2) is 0 Å². The third-order valence-corrected chi connectivity index (χ3v) is 5.57. The van der Waals surface area contributed by atoms with Crippen LogP contribution >= 0.6 is 11.6 Å². The predicted octanol–water partition coefficient (Wildman–Crippen LogP) is 1.65. The summed E-state index contributed by atoms with van der Waals surface area (Å²) in [5.74, 6) is 0.252. The Bertz CT molecular complexity index is 605. The van der Waals surface area contributed by atoms with Crippen LogP contribution in [-0.2, 0) is 15.0 Å². The van der Waals surface area contributed by atoms with Crippen LogP contribution in [0.4, 0.5) is 0 Å². The molecular weight excluding hydrogens is 326 g/mol. The van der Waals surface area contributed by atoms with Crippen molar-refractivity contribution >= 4 is 23.4 Å². The Kier molecular flexibility index (Phi) is 5.11. The lowest BCUT2D eigenvalue weighted by molar-refractivity contribution is -0.142. The van der Waals surface area contributed by atoms with Gasteiger partial charge in [0.2, 0.25) is 11.8 Å². The van der Waals surface area contributed by atoms with Crippen molar-refractivity contribution in [3.05, 3.63) is 34.9 Å². The van der Waals surface area contributed by atoms with Crippen molar-refractivity contribution in [3.8, 4) is 0 Å². The second-order valence-electron chi connectivity index (χ2n) is 6.68. The molecule has 1 aliphatic heterocycles. The van der Waals surface area contributed by atoms with E-state index in [2.05, 4.69) is 10.2 Å². The Morgan fingerprint density at radius 1 is 1.12 bits per heavy atom. The number of piperazine rings is 1. The van der Waals surface area contributed by atoms with E-state index >= 15 is 0 Å². The van der Waals surface area contributed by atoms with Crippen molar-refractivity contribution in [1.29, 1.82) is 0 Å². The number of hydrogen-bond acceptors (Lipinski definition) is 3.